The van der Waals surface area contributed by atoms with Gasteiger partial charge in [0.1, 0.15) is 12.4 Å². The Morgan fingerprint density at radius 3 is 2.71 bits per heavy atom. The van der Waals surface area contributed by atoms with Crippen molar-refractivity contribution in [3.63, 3.8) is 0 Å². The molecule has 28 heavy (non-hydrogen) atoms. The number of aromatic nitrogens is 2. The highest BCUT2D eigenvalue weighted by molar-refractivity contribution is 5.79. The summed E-state index contributed by atoms with van der Waals surface area (Å²) in [6.45, 7) is 1.02. The summed E-state index contributed by atoms with van der Waals surface area (Å²) in [5.41, 5.74) is 2.52. The zero-order valence-corrected chi connectivity index (χ0v) is 15.4. The molecule has 1 amide bonds. The lowest BCUT2D eigenvalue weighted by atomic mass is 9.96. The Hall–Kier alpha value is -3.41. The third-order valence-corrected chi connectivity index (χ3v) is 4.81. The molecule has 142 valence electrons. The topological polar surface area (TPSA) is 73.2 Å². The fourth-order valence-electron chi connectivity index (χ4n) is 3.30. The van der Waals surface area contributed by atoms with Crippen LogP contribution >= 0.6 is 0 Å². The maximum absolute atomic E-state index is 12.5. The van der Waals surface area contributed by atoms with E-state index in [4.69, 9.17) is 4.74 Å². The minimum absolute atomic E-state index is 0.0678. The van der Waals surface area contributed by atoms with Crippen LogP contribution in [-0.4, -0.2) is 28.8 Å². The monoisotopic (exact) mass is 375 g/mol. The molecule has 2 aromatic carbocycles. The van der Waals surface area contributed by atoms with Crippen LogP contribution in [0.4, 0.5) is 0 Å². The molecule has 6 nitrogen and oxygen atoms in total. The Bertz CT molecular complexity index is 1030. The van der Waals surface area contributed by atoms with E-state index in [-0.39, 0.29) is 17.4 Å². The van der Waals surface area contributed by atoms with Gasteiger partial charge < -0.3 is 10.1 Å². The van der Waals surface area contributed by atoms with Crippen LogP contribution < -0.4 is 15.6 Å². The van der Waals surface area contributed by atoms with Crippen LogP contribution in [0.2, 0.25) is 0 Å². The molecule has 2 heterocycles. The molecule has 0 saturated carbocycles. The Morgan fingerprint density at radius 2 is 1.86 bits per heavy atom. The van der Waals surface area contributed by atoms with Crippen molar-refractivity contribution in [2.45, 2.75) is 13.0 Å². The van der Waals surface area contributed by atoms with Gasteiger partial charge in [-0.25, -0.2) is 4.68 Å². The van der Waals surface area contributed by atoms with Crippen LogP contribution in [0.15, 0.2) is 71.5 Å². The molecular formula is C22H21N3O3. The number of nitrogens with one attached hydrogen (secondary N) is 1. The smallest absolute Gasteiger partial charge is 0.266 e. The molecule has 0 radical (unpaired) electrons. The lowest BCUT2D eigenvalue weighted by molar-refractivity contribution is -0.126. The summed E-state index contributed by atoms with van der Waals surface area (Å²) < 4.78 is 7.06. The lowest BCUT2D eigenvalue weighted by Crippen LogP contribution is -2.39. The maximum atomic E-state index is 12.5. The van der Waals surface area contributed by atoms with Gasteiger partial charge in [0.15, 0.2) is 0 Å². The number of para-hydroxylation sites is 1. The Balaban J connectivity index is 1.36. The molecule has 4 rings (SSSR count). The summed E-state index contributed by atoms with van der Waals surface area (Å²) >= 11 is 0. The Labute approximate surface area is 162 Å². The van der Waals surface area contributed by atoms with Crippen LogP contribution in [0.5, 0.6) is 5.75 Å². The molecule has 0 spiro atoms. The number of nitrogens with zero attached hydrogens (tertiary/aromatic N) is 2. The number of amides is 1. The van der Waals surface area contributed by atoms with Gasteiger partial charge in [0.25, 0.3) is 5.56 Å². The minimum atomic E-state index is -0.227. The molecule has 0 bridgehead atoms. The molecule has 0 fully saturated rings. The molecular weight excluding hydrogens is 354 g/mol. The van der Waals surface area contributed by atoms with Gasteiger partial charge in [0, 0.05) is 18.2 Å². The van der Waals surface area contributed by atoms with E-state index in [0.29, 0.717) is 26.1 Å². The fraction of sp³-hybridized carbons (Fsp3) is 0.227. The third-order valence-electron chi connectivity index (χ3n) is 4.81. The molecule has 1 aliphatic rings. The highest BCUT2D eigenvalue weighted by atomic mass is 16.5. The van der Waals surface area contributed by atoms with Gasteiger partial charge in [-0.15, -0.1) is 0 Å². The van der Waals surface area contributed by atoms with Crippen molar-refractivity contribution in [2.24, 2.45) is 5.92 Å². The number of hydrogen-bond donors (Lipinski definition) is 1. The first-order chi connectivity index (χ1) is 13.7. The standard InChI is InChI=1S/C22H21N3O3/c26-21-11-10-19(16-6-2-1-3-7-16)24-25(21)13-12-23-22(27)18-14-17-8-4-5-9-20(17)28-15-18/h1-11,18H,12-15H2,(H,23,27)/t18-/m1/s1. The largest absolute Gasteiger partial charge is 0.492 e. The van der Waals surface area contributed by atoms with Crippen LogP contribution in [0.25, 0.3) is 11.3 Å². The zero-order valence-electron chi connectivity index (χ0n) is 15.4. The third kappa shape index (κ3) is 3.96. The molecule has 1 aliphatic heterocycles. The SMILES string of the molecule is O=C(NCCn1nc(-c2ccccc2)ccc1=O)[C@H]1COc2ccccc2C1. The summed E-state index contributed by atoms with van der Waals surface area (Å²) in [7, 11) is 0. The minimum Gasteiger partial charge on any atom is -0.492 e. The summed E-state index contributed by atoms with van der Waals surface area (Å²) in [4.78, 5) is 24.6. The predicted octanol–water partition coefficient (Wildman–Crippen LogP) is 2.28. The zero-order chi connectivity index (χ0) is 19.3. The van der Waals surface area contributed by atoms with Gasteiger partial charge in [-0.3, -0.25) is 9.59 Å². The van der Waals surface area contributed by atoms with Crippen molar-refractivity contribution in [3.05, 3.63) is 82.6 Å². The quantitative estimate of drug-likeness (QED) is 0.743. The molecule has 0 aliphatic carbocycles. The number of fused-ring (bicyclic) bond motifs is 1. The van der Waals surface area contributed by atoms with Crippen molar-refractivity contribution in [1.29, 1.82) is 0 Å². The van der Waals surface area contributed by atoms with Gasteiger partial charge in [-0.1, -0.05) is 48.5 Å². The Morgan fingerprint density at radius 1 is 1.07 bits per heavy atom. The maximum Gasteiger partial charge on any atom is 0.266 e. The van der Waals surface area contributed by atoms with Crippen molar-refractivity contribution in [3.8, 4) is 17.0 Å². The second kappa shape index (κ2) is 8.08. The normalized spacial score (nSPS) is 15.4. The second-order valence-electron chi connectivity index (χ2n) is 6.76. The average molecular weight is 375 g/mol. The predicted molar refractivity (Wildman–Crippen MR) is 106 cm³/mol. The van der Waals surface area contributed by atoms with E-state index in [1.54, 1.807) is 6.07 Å². The highest BCUT2D eigenvalue weighted by Gasteiger charge is 2.25. The summed E-state index contributed by atoms with van der Waals surface area (Å²) in [6, 6.07) is 20.7. The number of carbonyl (C=O) groups excluding carboxylic acids is 1. The van der Waals surface area contributed by atoms with Gasteiger partial charge >= 0.3 is 0 Å². The van der Waals surface area contributed by atoms with E-state index in [1.807, 2.05) is 54.6 Å². The van der Waals surface area contributed by atoms with E-state index in [9.17, 15) is 9.59 Å². The molecule has 0 unspecified atom stereocenters. The van der Waals surface area contributed by atoms with E-state index in [0.717, 1.165) is 22.6 Å². The van der Waals surface area contributed by atoms with Gasteiger partial charge in [-0.05, 0) is 24.1 Å². The fourth-order valence-corrected chi connectivity index (χ4v) is 3.30. The van der Waals surface area contributed by atoms with Crippen molar-refractivity contribution in [2.75, 3.05) is 13.2 Å². The second-order valence-corrected chi connectivity index (χ2v) is 6.76. The summed E-state index contributed by atoms with van der Waals surface area (Å²) in [5.74, 6) is 0.553. The van der Waals surface area contributed by atoms with Gasteiger partial charge in [0.2, 0.25) is 5.91 Å². The number of hydrogen-bond acceptors (Lipinski definition) is 4. The first kappa shape index (κ1) is 18.0. The van der Waals surface area contributed by atoms with Crippen molar-refractivity contribution in [1.82, 2.24) is 15.1 Å². The van der Waals surface area contributed by atoms with E-state index in [1.165, 1.54) is 10.7 Å². The summed E-state index contributed by atoms with van der Waals surface area (Å²) in [5, 5.41) is 7.31. The lowest BCUT2D eigenvalue weighted by Gasteiger charge is -2.24. The Kier molecular flexibility index (Phi) is 5.19. The first-order valence-corrected chi connectivity index (χ1v) is 9.33. The molecule has 1 aromatic heterocycles. The van der Waals surface area contributed by atoms with Crippen LogP contribution in [-0.2, 0) is 17.8 Å². The van der Waals surface area contributed by atoms with E-state index >= 15 is 0 Å². The number of ether oxygens (including phenoxy) is 1. The van der Waals surface area contributed by atoms with Crippen molar-refractivity contribution < 1.29 is 9.53 Å². The van der Waals surface area contributed by atoms with E-state index in [2.05, 4.69) is 10.4 Å². The molecule has 0 saturated heterocycles. The number of rotatable bonds is 5. The molecule has 1 atom stereocenters. The van der Waals surface area contributed by atoms with Crippen LogP contribution in [0.1, 0.15) is 5.56 Å². The first-order valence-electron chi connectivity index (χ1n) is 9.33. The van der Waals surface area contributed by atoms with Gasteiger partial charge in [-0.2, -0.15) is 5.10 Å². The molecule has 6 heteroatoms. The average Bonchev–Trinajstić information content (AvgIpc) is 2.75. The number of benzene rings is 2. The molecule has 3 aromatic rings. The van der Waals surface area contributed by atoms with Crippen molar-refractivity contribution >= 4 is 5.91 Å². The summed E-state index contributed by atoms with van der Waals surface area (Å²) in [6.07, 6.45) is 0.656. The van der Waals surface area contributed by atoms with Gasteiger partial charge in [0.05, 0.1) is 18.2 Å². The number of carbonyl (C=O) groups is 1. The van der Waals surface area contributed by atoms with E-state index < -0.39 is 0 Å². The van der Waals surface area contributed by atoms with Crippen LogP contribution in [0, 0.1) is 5.92 Å². The molecule has 1 N–H and O–H groups in total. The highest BCUT2D eigenvalue weighted by Crippen LogP contribution is 2.26. The van der Waals surface area contributed by atoms with Crippen LogP contribution in [0.3, 0.4) is 0 Å².